The van der Waals surface area contributed by atoms with E-state index in [4.69, 9.17) is 19.4 Å². The third kappa shape index (κ3) is 5.45. The molecule has 0 aliphatic carbocycles. The van der Waals surface area contributed by atoms with Crippen molar-refractivity contribution < 1.29 is 4.42 Å². The van der Waals surface area contributed by atoms with E-state index in [1.807, 2.05) is 54.6 Å². The fourth-order valence-corrected chi connectivity index (χ4v) is 7.94. The van der Waals surface area contributed by atoms with Crippen LogP contribution in [-0.4, -0.2) is 19.5 Å². The second-order valence-corrected chi connectivity index (χ2v) is 14.1. The van der Waals surface area contributed by atoms with Gasteiger partial charge in [-0.2, -0.15) is 0 Å². The molecular formula is C51H32N4O. The van der Waals surface area contributed by atoms with E-state index < -0.39 is 0 Å². The van der Waals surface area contributed by atoms with Crippen LogP contribution in [0.1, 0.15) is 0 Å². The van der Waals surface area contributed by atoms with Crippen molar-refractivity contribution in [2.24, 2.45) is 0 Å². The number of para-hydroxylation sites is 2. The van der Waals surface area contributed by atoms with Crippen LogP contribution in [0, 0.1) is 0 Å². The van der Waals surface area contributed by atoms with Gasteiger partial charge in [-0.15, -0.1) is 0 Å². The predicted octanol–water partition coefficient (Wildman–Crippen LogP) is 13.2. The summed E-state index contributed by atoms with van der Waals surface area (Å²) in [6, 6.07) is 67.6. The van der Waals surface area contributed by atoms with Gasteiger partial charge in [-0.25, -0.2) is 15.0 Å². The molecule has 11 rings (SSSR count). The smallest absolute Gasteiger partial charge is 0.164 e. The number of nitrogens with zero attached hydrogens (tertiary/aromatic N) is 4. The average molecular weight is 717 g/mol. The van der Waals surface area contributed by atoms with Crippen LogP contribution in [0.25, 0.3) is 106 Å². The third-order valence-electron chi connectivity index (χ3n) is 10.6. The molecule has 5 heteroatoms. The van der Waals surface area contributed by atoms with Crippen LogP contribution in [0.4, 0.5) is 0 Å². The van der Waals surface area contributed by atoms with E-state index in [9.17, 15) is 0 Å². The average Bonchev–Trinajstić information content (AvgIpc) is 3.82. The molecule has 11 aromatic rings. The van der Waals surface area contributed by atoms with Crippen LogP contribution in [0.5, 0.6) is 0 Å². The van der Waals surface area contributed by atoms with E-state index in [0.717, 1.165) is 55.4 Å². The summed E-state index contributed by atoms with van der Waals surface area (Å²) in [4.78, 5) is 15.1. The lowest BCUT2D eigenvalue weighted by molar-refractivity contribution is 0.669. The summed E-state index contributed by atoms with van der Waals surface area (Å²) in [5.41, 5.74) is 12.4. The normalized spacial score (nSPS) is 11.6. The van der Waals surface area contributed by atoms with Crippen molar-refractivity contribution in [1.82, 2.24) is 19.5 Å². The molecule has 8 aromatic carbocycles. The fourth-order valence-electron chi connectivity index (χ4n) is 7.94. The maximum absolute atomic E-state index is 6.24. The molecule has 0 atom stereocenters. The number of furan rings is 1. The van der Waals surface area contributed by atoms with Crippen molar-refractivity contribution >= 4 is 43.7 Å². The predicted molar refractivity (Wildman–Crippen MR) is 229 cm³/mol. The highest BCUT2D eigenvalue weighted by Gasteiger charge is 2.17. The molecule has 5 nitrogen and oxygen atoms in total. The first kappa shape index (κ1) is 31.9. The summed E-state index contributed by atoms with van der Waals surface area (Å²) in [6.45, 7) is 0. The Hall–Kier alpha value is -7.63. The summed E-state index contributed by atoms with van der Waals surface area (Å²) < 4.78 is 8.61. The lowest BCUT2D eigenvalue weighted by Crippen LogP contribution is -2.00. The third-order valence-corrected chi connectivity index (χ3v) is 10.6. The standard InChI is InChI=1S/C51H32N4O/c1-3-13-33(14-4-1)37-26-28-46-44(31-37)41-21-7-9-23-45(41)55(46)40-20-12-18-36(30-40)35-17-11-19-38(29-35)50-52-49(34-15-5-2-6-16-34)53-51(54-50)39-25-27-43-42-22-8-10-24-47(42)56-48(43)32-39/h1-32H. The summed E-state index contributed by atoms with van der Waals surface area (Å²) >= 11 is 0. The molecule has 262 valence electrons. The number of hydrogen-bond acceptors (Lipinski definition) is 4. The molecule has 3 aromatic heterocycles. The molecule has 0 saturated heterocycles. The molecular weight excluding hydrogens is 685 g/mol. The van der Waals surface area contributed by atoms with Gasteiger partial charge in [0.2, 0.25) is 0 Å². The molecule has 0 aliphatic heterocycles. The highest BCUT2D eigenvalue weighted by Crippen LogP contribution is 2.37. The molecule has 0 radical (unpaired) electrons. The number of rotatable bonds is 6. The number of hydrogen-bond donors (Lipinski definition) is 0. The van der Waals surface area contributed by atoms with Crippen LogP contribution in [0.15, 0.2) is 199 Å². The Kier molecular flexibility index (Phi) is 7.42. The molecule has 0 unspecified atom stereocenters. The van der Waals surface area contributed by atoms with Gasteiger partial charge in [0.25, 0.3) is 0 Å². The molecule has 3 heterocycles. The maximum atomic E-state index is 6.24. The van der Waals surface area contributed by atoms with Gasteiger partial charge in [0.15, 0.2) is 17.5 Å². The topological polar surface area (TPSA) is 56.7 Å². The zero-order valence-electron chi connectivity index (χ0n) is 30.2. The molecule has 0 amide bonds. The Morgan fingerprint density at radius 1 is 0.304 bits per heavy atom. The van der Waals surface area contributed by atoms with E-state index in [0.29, 0.717) is 17.5 Å². The lowest BCUT2D eigenvalue weighted by atomic mass is 10.0. The van der Waals surface area contributed by atoms with Crippen LogP contribution >= 0.6 is 0 Å². The fraction of sp³-hybridized carbons (Fsp3) is 0. The Morgan fingerprint density at radius 3 is 1.64 bits per heavy atom. The van der Waals surface area contributed by atoms with Gasteiger partial charge in [0.05, 0.1) is 11.0 Å². The van der Waals surface area contributed by atoms with E-state index in [2.05, 4.69) is 144 Å². The molecule has 0 aliphatic rings. The second-order valence-electron chi connectivity index (χ2n) is 14.1. The molecule has 0 spiro atoms. The van der Waals surface area contributed by atoms with Gasteiger partial charge in [-0.1, -0.05) is 140 Å². The van der Waals surface area contributed by atoms with Crippen molar-refractivity contribution in [1.29, 1.82) is 0 Å². The summed E-state index contributed by atoms with van der Waals surface area (Å²) in [6.07, 6.45) is 0. The lowest BCUT2D eigenvalue weighted by Gasteiger charge is -2.12. The second kappa shape index (κ2) is 13.0. The zero-order valence-corrected chi connectivity index (χ0v) is 30.2. The Labute approximate surface area is 322 Å². The van der Waals surface area contributed by atoms with E-state index in [1.54, 1.807) is 0 Å². The maximum Gasteiger partial charge on any atom is 0.164 e. The first-order valence-electron chi connectivity index (χ1n) is 18.8. The number of aromatic nitrogens is 4. The van der Waals surface area contributed by atoms with E-state index >= 15 is 0 Å². The van der Waals surface area contributed by atoms with Crippen molar-refractivity contribution in [2.75, 3.05) is 0 Å². The molecule has 0 fully saturated rings. The van der Waals surface area contributed by atoms with E-state index in [1.165, 1.54) is 32.9 Å². The zero-order chi connectivity index (χ0) is 37.0. The Balaban J connectivity index is 1.01. The summed E-state index contributed by atoms with van der Waals surface area (Å²) in [7, 11) is 0. The monoisotopic (exact) mass is 716 g/mol. The van der Waals surface area contributed by atoms with Crippen molar-refractivity contribution in [2.45, 2.75) is 0 Å². The van der Waals surface area contributed by atoms with Gasteiger partial charge < -0.3 is 8.98 Å². The quantitative estimate of drug-likeness (QED) is 0.172. The van der Waals surface area contributed by atoms with Gasteiger partial charge in [0.1, 0.15) is 11.2 Å². The summed E-state index contributed by atoms with van der Waals surface area (Å²) in [5, 5.41) is 4.61. The van der Waals surface area contributed by atoms with Crippen molar-refractivity contribution in [3.8, 4) is 62.1 Å². The van der Waals surface area contributed by atoms with Gasteiger partial charge in [-0.05, 0) is 76.9 Å². The van der Waals surface area contributed by atoms with Crippen molar-refractivity contribution in [3.63, 3.8) is 0 Å². The minimum atomic E-state index is 0.588. The minimum absolute atomic E-state index is 0.588. The van der Waals surface area contributed by atoms with Gasteiger partial charge in [0, 0.05) is 43.9 Å². The number of fused-ring (bicyclic) bond motifs is 6. The van der Waals surface area contributed by atoms with Crippen LogP contribution in [0.3, 0.4) is 0 Å². The summed E-state index contributed by atoms with van der Waals surface area (Å²) in [5.74, 6) is 1.81. The van der Waals surface area contributed by atoms with Crippen LogP contribution in [-0.2, 0) is 0 Å². The minimum Gasteiger partial charge on any atom is -0.456 e. The first-order valence-corrected chi connectivity index (χ1v) is 18.8. The Bertz CT molecular complexity index is 3250. The van der Waals surface area contributed by atoms with Gasteiger partial charge in [-0.3, -0.25) is 0 Å². The number of benzene rings is 8. The highest BCUT2D eigenvalue weighted by molar-refractivity contribution is 6.10. The SMILES string of the molecule is c1ccc(-c2ccc3c(c2)c2ccccc2n3-c2cccc(-c3cccc(-c4nc(-c5ccccc5)nc(-c5ccc6c(c5)oc5ccccc56)n4)c3)c2)cc1. The molecule has 0 N–H and O–H groups in total. The van der Waals surface area contributed by atoms with Gasteiger partial charge >= 0.3 is 0 Å². The molecule has 0 saturated carbocycles. The van der Waals surface area contributed by atoms with Crippen LogP contribution in [0.2, 0.25) is 0 Å². The van der Waals surface area contributed by atoms with Crippen LogP contribution < -0.4 is 0 Å². The largest absolute Gasteiger partial charge is 0.456 e. The Morgan fingerprint density at radius 2 is 0.839 bits per heavy atom. The molecule has 56 heavy (non-hydrogen) atoms. The van der Waals surface area contributed by atoms with E-state index in [-0.39, 0.29) is 0 Å². The first-order chi connectivity index (χ1) is 27.7. The highest BCUT2D eigenvalue weighted by atomic mass is 16.3. The van der Waals surface area contributed by atoms with Crippen molar-refractivity contribution in [3.05, 3.63) is 194 Å². The molecule has 0 bridgehead atoms.